The Labute approximate surface area is 192 Å². The topological polar surface area (TPSA) is 78.4 Å². The molecular weight excluding hydrogens is 406 g/mol. The molecule has 0 saturated carbocycles. The van der Waals surface area contributed by atoms with E-state index in [4.69, 9.17) is 9.47 Å². The van der Waals surface area contributed by atoms with Gasteiger partial charge < -0.3 is 25.0 Å². The van der Waals surface area contributed by atoms with Crippen LogP contribution in [0.1, 0.15) is 37.8 Å². The van der Waals surface area contributed by atoms with Gasteiger partial charge in [-0.1, -0.05) is 24.3 Å². The van der Waals surface area contributed by atoms with E-state index in [9.17, 15) is 4.79 Å². The molecule has 0 unspecified atom stereocenters. The molecule has 2 N–H and O–H groups in total. The highest BCUT2D eigenvalue weighted by molar-refractivity contribution is 5.80. The summed E-state index contributed by atoms with van der Waals surface area (Å²) in [6, 6.07) is 8.75. The quantitative estimate of drug-likeness (QED) is 0.468. The second kappa shape index (κ2) is 12.8. The largest absolute Gasteiger partial charge is 0.381 e. The molecule has 2 aliphatic rings. The molecule has 32 heavy (non-hydrogen) atoms. The third-order valence-electron chi connectivity index (χ3n) is 5.83. The summed E-state index contributed by atoms with van der Waals surface area (Å²) in [6.45, 7) is 10.8. The van der Waals surface area contributed by atoms with Gasteiger partial charge in [-0.3, -0.25) is 14.7 Å². The molecule has 2 fully saturated rings. The number of hydrogen-bond acceptors (Lipinski definition) is 5. The molecule has 8 nitrogen and oxygen atoms in total. The maximum Gasteiger partial charge on any atom is 0.234 e. The summed E-state index contributed by atoms with van der Waals surface area (Å²) in [7, 11) is 1.82. The van der Waals surface area contributed by atoms with Gasteiger partial charge in [0.2, 0.25) is 5.91 Å². The van der Waals surface area contributed by atoms with Crippen molar-refractivity contribution in [2.24, 2.45) is 4.99 Å². The van der Waals surface area contributed by atoms with Crippen molar-refractivity contribution >= 4 is 11.9 Å². The lowest BCUT2D eigenvalue weighted by atomic mass is 10.1. The SMILES string of the molecule is CN=C(NCc1ccc(COC2CCOCC2)cc1)N1CCN(CC(=O)NC(C)C)CC1. The lowest BCUT2D eigenvalue weighted by molar-refractivity contribution is -0.123. The van der Waals surface area contributed by atoms with Crippen LogP contribution in [0.2, 0.25) is 0 Å². The number of benzene rings is 1. The van der Waals surface area contributed by atoms with Crippen LogP contribution in [0.5, 0.6) is 0 Å². The van der Waals surface area contributed by atoms with Gasteiger partial charge in [-0.25, -0.2) is 0 Å². The number of nitrogens with one attached hydrogen (secondary N) is 2. The van der Waals surface area contributed by atoms with Gasteiger partial charge >= 0.3 is 0 Å². The van der Waals surface area contributed by atoms with Crippen LogP contribution < -0.4 is 10.6 Å². The normalized spacial score (nSPS) is 18.8. The summed E-state index contributed by atoms with van der Waals surface area (Å²) in [4.78, 5) is 20.9. The Morgan fingerprint density at radius 1 is 1.12 bits per heavy atom. The van der Waals surface area contributed by atoms with E-state index in [1.807, 2.05) is 20.9 Å². The number of carbonyl (C=O) groups is 1. The minimum absolute atomic E-state index is 0.0950. The Morgan fingerprint density at radius 2 is 1.78 bits per heavy atom. The standard InChI is InChI=1S/C24H39N5O3/c1-19(2)27-23(30)17-28-10-12-29(13-11-28)24(25-3)26-16-20-4-6-21(7-5-20)18-32-22-8-14-31-15-9-22/h4-7,19,22H,8-18H2,1-3H3,(H,25,26)(H,27,30). The number of aliphatic imine (C=N–C) groups is 1. The predicted octanol–water partition coefficient (Wildman–Crippen LogP) is 1.60. The van der Waals surface area contributed by atoms with Gasteiger partial charge in [0.15, 0.2) is 5.96 Å². The molecule has 178 valence electrons. The van der Waals surface area contributed by atoms with Crippen molar-refractivity contribution in [1.82, 2.24) is 20.4 Å². The van der Waals surface area contributed by atoms with Crippen LogP contribution in [-0.2, 0) is 27.4 Å². The van der Waals surface area contributed by atoms with Crippen molar-refractivity contribution in [3.05, 3.63) is 35.4 Å². The van der Waals surface area contributed by atoms with Gasteiger partial charge in [-0.15, -0.1) is 0 Å². The molecule has 1 amide bonds. The molecule has 0 spiro atoms. The maximum absolute atomic E-state index is 12.0. The van der Waals surface area contributed by atoms with Crippen molar-refractivity contribution in [3.63, 3.8) is 0 Å². The zero-order valence-corrected chi connectivity index (χ0v) is 19.8. The fraction of sp³-hybridized carbons (Fsp3) is 0.667. The highest BCUT2D eigenvalue weighted by Crippen LogP contribution is 2.14. The molecular formula is C24H39N5O3. The van der Waals surface area contributed by atoms with Crippen LogP contribution in [0.25, 0.3) is 0 Å². The highest BCUT2D eigenvalue weighted by atomic mass is 16.5. The van der Waals surface area contributed by atoms with Gasteiger partial charge in [0.05, 0.1) is 19.3 Å². The van der Waals surface area contributed by atoms with Crippen LogP contribution in [0, 0.1) is 0 Å². The Balaban J connectivity index is 1.38. The molecule has 0 aromatic heterocycles. The molecule has 1 aromatic carbocycles. The lowest BCUT2D eigenvalue weighted by Crippen LogP contribution is -2.54. The minimum atomic E-state index is 0.0950. The highest BCUT2D eigenvalue weighted by Gasteiger charge is 2.21. The van der Waals surface area contributed by atoms with Crippen molar-refractivity contribution in [2.75, 3.05) is 53.0 Å². The van der Waals surface area contributed by atoms with Crippen molar-refractivity contribution in [2.45, 2.75) is 52.0 Å². The van der Waals surface area contributed by atoms with E-state index in [0.29, 0.717) is 19.3 Å². The number of nitrogens with zero attached hydrogens (tertiary/aromatic N) is 3. The first kappa shape index (κ1) is 24.5. The van der Waals surface area contributed by atoms with E-state index in [2.05, 4.69) is 49.7 Å². The van der Waals surface area contributed by atoms with Gasteiger partial charge in [0, 0.05) is 59.0 Å². The Bertz CT molecular complexity index is 724. The molecule has 0 aliphatic carbocycles. The molecule has 0 radical (unpaired) electrons. The average Bonchev–Trinajstić information content (AvgIpc) is 2.80. The third-order valence-corrected chi connectivity index (χ3v) is 5.83. The van der Waals surface area contributed by atoms with E-state index in [1.54, 1.807) is 0 Å². The predicted molar refractivity (Wildman–Crippen MR) is 127 cm³/mol. The van der Waals surface area contributed by atoms with E-state index in [-0.39, 0.29) is 11.9 Å². The summed E-state index contributed by atoms with van der Waals surface area (Å²) >= 11 is 0. The molecule has 2 heterocycles. The number of ether oxygens (including phenoxy) is 2. The summed E-state index contributed by atoms with van der Waals surface area (Å²) in [6.07, 6.45) is 2.29. The van der Waals surface area contributed by atoms with Gasteiger partial charge in [0.1, 0.15) is 0 Å². The summed E-state index contributed by atoms with van der Waals surface area (Å²) in [5.41, 5.74) is 2.41. The number of carbonyl (C=O) groups excluding carboxylic acids is 1. The Kier molecular flexibility index (Phi) is 9.77. The first-order valence-electron chi connectivity index (χ1n) is 11.8. The average molecular weight is 446 g/mol. The fourth-order valence-electron chi connectivity index (χ4n) is 4.01. The molecule has 2 aliphatic heterocycles. The molecule has 1 aromatic rings. The molecule has 0 atom stereocenters. The zero-order chi connectivity index (χ0) is 22.8. The number of piperazine rings is 1. The van der Waals surface area contributed by atoms with Crippen LogP contribution in [-0.4, -0.2) is 86.8 Å². The molecule has 8 heteroatoms. The van der Waals surface area contributed by atoms with E-state index in [0.717, 1.165) is 64.7 Å². The van der Waals surface area contributed by atoms with Crippen molar-refractivity contribution in [3.8, 4) is 0 Å². The summed E-state index contributed by atoms with van der Waals surface area (Å²) in [5, 5.41) is 6.43. The fourth-order valence-corrected chi connectivity index (χ4v) is 4.01. The van der Waals surface area contributed by atoms with Crippen LogP contribution in [0.3, 0.4) is 0 Å². The van der Waals surface area contributed by atoms with E-state index < -0.39 is 0 Å². The third kappa shape index (κ3) is 8.07. The van der Waals surface area contributed by atoms with E-state index >= 15 is 0 Å². The minimum Gasteiger partial charge on any atom is -0.381 e. The zero-order valence-electron chi connectivity index (χ0n) is 19.8. The summed E-state index contributed by atoms with van der Waals surface area (Å²) in [5.74, 6) is 1.00. The number of guanidine groups is 1. The van der Waals surface area contributed by atoms with Gasteiger partial charge in [-0.2, -0.15) is 0 Å². The van der Waals surface area contributed by atoms with Gasteiger partial charge in [-0.05, 0) is 37.8 Å². The van der Waals surface area contributed by atoms with Crippen molar-refractivity contribution < 1.29 is 14.3 Å². The second-order valence-corrected chi connectivity index (χ2v) is 8.83. The smallest absolute Gasteiger partial charge is 0.234 e. The Morgan fingerprint density at radius 3 is 2.41 bits per heavy atom. The summed E-state index contributed by atoms with van der Waals surface area (Å²) < 4.78 is 11.4. The van der Waals surface area contributed by atoms with E-state index in [1.165, 1.54) is 11.1 Å². The van der Waals surface area contributed by atoms with Crippen LogP contribution >= 0.6 is 0 Å². The molecule has 2 saturated heterocycles. The maximum atomic E-state index is 12.0. The van der Waals surface area contributed by atoms with Crippen LogP contribution in [0.15, 0.2) is 29.3 Å². The van der Waals surface area contributed by atoms with Crippen LogP contribution in [0.4, 0.5) is 0 Å². The number of rotatable bonds is 8. The number of hydrogen-bond donors (Lipinski definition) is 2. The molecule has 0 bridgehead atoms. The van der Waals surface area contributed by atoms with Crippen molar-refractivity contribution in [1.29, 1.82) is 0 Å². The first-order valence-corrected chi connectivity index (χ1v) is 11.8. The Hall–Kier alpha value is -2.16. The second-order valence-electron chi connectivity index (χ2n) is 8.83. The number of amides is 1. The van der Waals surface area contributed by atoms with Gasteiger partial charge in [0.25, 0.3) is 0 Å². The first-order chi connectivity index (χ1) is 15.5. The monoisotopic (exact) mass is 445 g/mol. The lowest BCUT2D eigenvalue weighted by Gasteiger charge is -2.36. The molecule has 3 rings (SSSR count).